The number of carbonyl (C=O) groups is 2. The van der Waals surface area contributed by atoms with Crippen molar-refractivity contribution >= 4 is 27.6 Å². The van der Waals surface area contributed by atoms with E-state index in [1.165, 1.54) is 25.3 Å². The Hall–Kier alpha value is -3.36. The molecule has 0 saturated carbocycles. The van der Waals surface area contributed by atoms with Gasteiger partial charge in [-0.2, -0.15) is 9.57 Å². The quantitative estimate of drug-likeness (QED) is 0.641. The fraction of sp³-hybridized carbons (Fsp3) is 0.381. The molecule has 11 heteroatoms. The van der Waals surface area contributed by atoms with Crippen LogP contribution < -0.4 is 5.32 Å². The lowest BCUT2D eigenvalue weighted by Gasteiger charge is -2.34. The number of aryl methyl sites for hydroxylation is 2. The molecule has 170 valence electrons. The van der Waals surface area contributed by atoms with Crippen LogP contribution in [0.2, 0.25) is 0 Å². The molecular formula is C21H24N4O6S. The highest BCUT2D eigenvalue weighted by molar-refractivity contribution is 7.89. The van der Waals surface area contributed by atoms with Crippen LogP contribution in [-0.2, 0) is 19.6 Å². The summed E-state index contributed by atoms with van der Waals surface area (Å²) < 4.78 is 37.8. The highest BCUT2D eigenvalue weighted by Gasteiger charge is 2.37. The number of carbonyl (C=O) groups excluding carboxylic acids is 2. The smallest absolute Gasteiger partial charge is 0.342 e. The molecule has 2 heterocycles. The van der Waals surface area contributed by atoms with Crippen LogP contribution in [-0.4, -0.2) is 69.3 Å². The van der Waals surface area contributed by atoms with E-state index in [4.69, 9.17) is 14.4 Å². The molecule has 1 saturated heterocycles. The first-order valence-electron chi connectivity index (χ1n) is 9.89. The number of piperazine rings is 1. The zero-order valence-corrected chi connectivity index (χ0v) is 18.9. The molecule has 10 nitrogen and oxygen atoms in total. The minimum absolute atomic E-state index is 0.0468. The molecule has 0 atom stereocenters. The van der Waals surface area contributed by atoms with Gasteiger partial charge in [-0.3, -0.25) is 4.79 Å². The highest BCUT2D eigenvalue weighted by Crippen LogP contribution is 2.30. The van der Waals surface area contributed by atoms with Crippen molar-refractivity contribution in [1.29, 1.82) is 5.26 Å². The van der Waals surface area contributed by atoms with E-state index in [-0.39, 0.29) is 60.6 Å². The number of furan rings is 1. The van der Waals surface area contributed by atoms with Gasteiger partial charge in [0, 0.05) is 31.9 Å². The fourth-order valence-corrected chi connectivity index (χ4v) is 5.36. The van der Waals surface area contributed by atoms with Crippen molar-refractivity contribution in [2.45, 2.75) is 18.7 Å². The Morgan fingerprint density at radius 1 is 1.12 bits per heavy atom. The van der Waals surface area contributed by atoms with Gasteiger partial charge in [0.1, 0.15) is 22.0 Å². The summed E-state index contributed by atoms with van der Waals surface area (Å²) in [6.45, 7) is 3.67. The number of nitrogens with one attached hydrogen (secondary N) is 1. The Labute approximate surface area is 186 Å². The summed E-state index contributed by atoms with van der Waals surface area (Å²) in [4.78, 5) is 26.0. The molecule has 1 N–H and O–H groups in total. The van der Waals surface area contributed by atoms with Crippen LogP contribution in [0, 0.1) is 25.2 Å². The van der Waals surface area contributed by atoms with Gasteiger partial charge >= 0.3 is 5.97 Å². The molecule has 1 amide bonds. The number of hydrogen-bond acceptors (Lipinski definition) is 8. The third kappa shape index (κ3) is 4.61. The molecule has 0 unspecified atom stereocenters. The van der Waals surface area contributed by atoms with Gasteiger partial charge in [-0.1, -0.05) is 0 Å². The SMILES string of the molecule is COC(=O)c1c(C)oc(C)c1S(=O)(=O)N1CCN(C(=O)CNc2ccc(C#N)cc2)CC1. The molecule has 0 spiro atoms. The van der Waals surface area contributed by atoms with Gasteiger partial charge in [-0.15, -0.1) is 0 Å². The van der Waals surface area contributed by atoms with Crippen molar-refractivity contribution in [2.24, 2.45) is 0 Å². The van der Waals surface area contributed by atoms with Crippen LogP contribution in [0.25, 0.3) is 0 Å². The normalized spacial score (nSPS) is 14.6. The number of sulfonamides is 1. The van der Waals surface area contributed by atoms with Crippen LogP contribution in [0.1, 0.15) is 27.4 Å². The molecule has 1 aromatic heterocycles. The number of ether oxygens (including phenoxy) is 1. The first kappa shape index (κ1) is 23.3. The van der Waals surface area contributed by atoms with Gasteiger partial charge in [0.2, 0.25) is 15.9 Å². The second-order valence-corrected chi connectivity index (χ2v) is 9.11. The van der Waals surface area contributed by atoms with Crippen molar-refractivity contribution in [3.63, 3.8) is 0 Å². The fourth-order valence-electron chi connectivity index (χ4n) is 3.57. The average molecular weight is 461 g/mol. The topological polar surface area (TPSA) is 133 Å². The number of nitrogens with zero attached hydrogens (tertiary/aromatic N) is 3. The molecule has 0 radical (unpaired) electrons. The second-order valence-electron chi connectivity index (χ2n) is 7.24. The number of esters is 1. The number of benzene rings is 1. The first-order chi connectivity index (χ1) is 15.2. The maximum Gasteiger partial charge on any atom is 0.342 e. The summed E-state index contributed by atoms with van der Waals surface area (Å²) in [5.74, 6) is -0.652. The Balaban J connectivity index is 1.64. The molecule has 1 aromatic carbocycles. The number of amides is 1. The highest BCUT2D eigenvalue weighted by atomic mass is 32.2. The maximum atomic E-state index is 13.2. The van der Waals surface area contributed by atoms with Crippen molar-refractivity contribution in [2.75, 3.05) is 45.2 Å². The summed E-state index contributed by atoms with van der Waals surface area (Å²) in [6.07, 6.45) is 0. The van der Waals surface area contributed by atoms with Crippen LogP contribution >= 0.6 is 0 Å². The molecule has 3 rings (SSSR count). The number of hydrogen-bond donors (Lipinski definition) is 1. The van der Waals surface area contributed by atoms with E-state index in [0.717, 1.165) is 0 Å². The minimum Gasteiger partial charge on any atom is -0.465 e. The summed E-state index contributed by atoms with van der Waals surface area (Å²) >= 11 is 0. The number of methoxy groups -OCH3 is 1. The lowest BCUT2D eigenvalue weighted by Crippen LogP contribution is -2.51. The molecule has 1 fully saturated rings. The van der Waals surface area contributed by atoms with Gasteiger partial charge in [-0.25, -0.2) is 13.2 Å². The van der Waals surface area contributed by atoms with Crippen LogP contribution in [0.4, 0.5) is 5.69 Å². The van der Waals surface area contributed by atoms with Gasteiger partial charge in [-0.05, 0) is 38.1 Å². The Kier molecular flexibility index (Phi) is 6.86. The predicted octanol–water partition coefficient (Wildman–Crippen LogP) is 1.50. The van der Waals surface area contributed by atoms with E-state index in [1.807, 2.05) is 6.07 Å². The summed E-state index contributed by atoms with van der Waals surface area (Å²) in [7, 11) is -2.83. The third-order valence-corrected chi connectivity index (χ3v) is 7.29. The van der Waals surface area contributed by atoms with Crippen LogP contribution in [0.5, 0.6) is 0 Å². The first-order valence-corrected chi connectivity index (χ1v) is 11.3. The minimum atomic E-state index is -4.01. The van der Waals surface area contributed by atoms with Crippen molar-refractivity contribution in [3.8, 4) is 6.07 Å². The molecule has 1 aliphatic heterocycles. The number of rotatable bonds is 6. The van der Waals surface area contributed by atoms with E-state index < -0.39 is 16.0 Å². The average Bonchev–Trinajstić information content (AvgIpc) is 3.11. The lowest BCUT2D eigenvalue weighted by molar-refractivity contribution is -0.130. The van der Waals surface area contributed by atoms with E-state index in [2.05, 4.69) is 5.32 Å². The Morgan fingerprint density at radius 2 is 1.75 bits per heavy atom. The third-order valence-electron chi connectivity index (χ3n) is 5.24. The molecule has 2 aromatic rings. The van der Waals surface area contributed by atoms with E-state index in [9.17, 15) is 18.0 Å². The maximum absolute atomic E-state index is 13.2. The van der Waals surface area contributed by atoms with Crippen molar-refractivity contribution in [3.05, 3.63) is 46.9 Å². The van der Waals surface area contributed by atoms with E-state index in [1.54, 1.807) is 29.2 Å². The van der Waals surface area contributed by atoms with Gasteiger partial charge in [0.25, 0.3) is 0 Å². The van der Waals surface area contributed by atoms with Crippen molar-refractivity contribution in [1.82, 2.24) is 9.21 Å². The van der Waals surface area contributed by atoms with E-state index >= 15 is 0 Å². The van der Waals surface area contributed by atoms with Crippen LogP contribution in [0.15, 0.2) is 33.6 Å². The summed E-state index contributed by atoms with van der Waals surface area (Å²) in [6, 6.07) is 8.76. The molecule has 32 heavy (non-hydrogen) atoms. The van der Waals surface area contributed by atoms with Gasteiger partial charge in [0.15, 0.2) is 0 Å². The van der Waals surface area contributed by atoms with Crippen LogP contribution in [0.3, 0.4) is 0 Å². The number of anilines is 1. The zero-order valence-electron chi connectivity index (χ0n) is 18.0. The summed E-state index contributed by atoms with van der Waals surface area (Å²) in [5, 5.41) is 11.8. The van der Waals surface area contributed by atoms with Gasteiger partial charge < -0.3 is 19.4 Å². The van der Waals surface area contributed by atoms with Gasteiger partial charge in [0.05, 0.1) is 25.3 Å². The molecule has 1 aliphatic rings. The molecule has 0 bridgehead atoms. The predicted molar refractivity (Wildman–Crippen MR) is 115 cm³/mol. The Bertz CT molecular complexity index is 1160. The lowest BCUT2D eigenvalue weighted by atomic mass is 10.2. The largest absolute Gasteiger partial charge is 0.465 e. The zero-order chi connectivity index (χ0) is 23.5. The monoisotopic (exact) mass is 460 g/mol. The van der Waals surface area contributed by atoms with Crippen molar-refractivity contribution < 1.29 is 27.2 Å². The Morgan fingerprint density at radius 3 is 2.31 bits per heavy atom. The molecular weight excluding hydrogens is 436 g/mol. The molecule has 0 aliphatic carbocycles. The number of nitriles is 1. The summed E-state index contributed by atoms with van der Waals surface area (Å²) in [5.41, 5.74) is 1.13. The van der Waals surface area contributed by atoms with E-state index in [0.29, 0.717) is 11.3 Å². The standard InChI is InChI=1S/C21H24N4O6S/c1-14-19(21(27)30-3)20(15(2)31-14)32(28,29)25-10-8-24(9-11-25)18(26)13-23-17-6-4-16(12-22)5-7-17/h4-7,23H,8-11,13H2,1-3H3. The second kappa shape index (κ2) is 9.42.